The van der Waals surface area contributed by atoms with Crippen LogP contribution in [0.2, 0.25) is 0 Å². The Kier molecular flexibility index (Phi) is 8.28. The normalized spacial score (nSPS) is 13.5. The number of ether oxygens (including phenoxy) is 1. The Morgan fingerprint density at radius 3 is 2.50 bits per heavy atom. The summed E-state index contributed by atoms with van der Waals surface area (Å²) >= 11 is 1.50. The molecule has 0 spiro atoms. The Morgan fingerprint density at radius 2 is 1.89 bits per heavy atom. The largest absolute Gasteiger partial charge is 0.497 e. The zero-order chi connectivity index (χ0) is 20.4. The Labute approximate surface area is 169 Å². The molecule has 0 aliphatic carbocycles. The van der Waals surface area contributed by atoms with Crippen molar-refractivity contribution in [1.29, 1.82) is 0 Å². The number of carbonyl (C=O) groups excluding carboxylic acids is 1. The maximum absolute atomic E-state index is 12.1. The molecule has 152 valence electrons. The summed E-state index contributed by atoms with van der Waals surface area (Å²) in [5.74, 6) is 1.16. The van der Waals surface area contributed by atoms with Crippen LogP contribution in [0.3, 0.4) is 0 Å². The lowest BCUT2D eigenvalue weighted by Crippen LogP contribution is -2.42. The van der Waals surface area contributed by atoms with Crippen molar-refractivity contribution in [2.45, 2.75) is 19.4 Å². The van der Waals surface area contributed by atoms with Gasteiger partial charge in [-0.15, -0.1) is 11.3 Å². The van der Waals surface area contributed by atoms with Crippen LogP contribution in [0.15, 0.2) is 46.8 Å². The summed E-state index contributed by atoms with van der Waals surface area (Å²) in [5.41, 5.74) is -0.438. The number of nitrogens with zero attached hydrogens (tertiary/aromatic N) is 1. The van der Waals surface area contributed by atoms with Crippen molar-refractivity contribution in [2.75, 3.05) is 33.3 Å². The predicted octanol–water partition coefficient (Wildman–Crippen LogP) is 1.95. The molecule has 1 aromatic carbocycles. The molecular weight excluding hydrogens is 376 g/mol. The van der Waals surface area contributed by atoms with E-state index in [1.807, 2.05) is 24.4 Å². The second-order valence-corrected chi connectivity index (χ2v) is 7.31. The molecule has 1 atom stereocenters. The van der Waals surface area contributed by atoms with Gasteiger partial charge >= 0.3 is 0 Å². The Morgan fingerprint density at radius 1 is 1.18 bits per heavy atom. The molecule has 8 heteroatoms. The summed E-state index contributed by atoms with van der Waals surface area (Å²) in [6, 6.07) is 10.8. The van der Waals surface area contributed by atoms with Gasteiger partial charge in [0.2, 0.25) is 0 Å². The molecule has 0 saturated carbocycles. The van der Waals surface area contributed by atoms with Crippen LogP contribution >= 0.6 is 11.3 Å². The van der Waals surface area contributed by atoms with Gasteiger partial charge in [-0.3, -0.25) is 4.79 Å². The van der Waals surface area contributed by atoms with E-state index in [1.54, 1.807) is 38.3 Å². The van der Waals surface area contributed by atoms with Crippen molar-refractivity contribution < 1.29 is 14.6 Å². The third kappa shape index (κ3) is 6.54. The van der Waals surface area contributed by atoms with E-state index in [0.717, 1.165) is 4.88 Å². The molecule has 0 aliphatic rings. The van der Waals surface area contributed by atoms with Crippen LogP contribution in [0.4, 0.5) is 0 Å². The van der Waals surface area contributed by atoms with Crippen LogP contribution in [-0.2, 0) is 5.60 Å². The topological polar surface area (TPSA) is 95.0 Å². The Hall–Kier alpha value is -2.58. The highest BCUT2D eigenvalue weighted by Crippen LogP contribution is 2.25. The molecular formula is C20H28N4O3S. The monoisotopic (exact) mass is 404 g/mol. The maximum atomic E-state index is 12.1. The van der Waals surface area contributed by atoms with E-state index in [1.165, 1.54) is 11.3 Å². The van der Waals surface area contributed by atoms with Gasteiger partial charge in [-0.1, -0.05) is 6.07 Å². The van der Waals surface area contributed by atoms with Crippen molar-refractivity contribution in [3.8, 4) is 5.75 Å². The number of guanidine groups is 1. The highest BCUT2D eigenvalue weighted by molar-refractivity contribution is 7.10. The van der Waals surface area contributed by atoms with Gasteiger partial charge in [0, 0.05) is 30.1 Å². The summed E-state index contributed by atoms with van der Waals surface area (Å²) in [7, 11) is 1.59. The Bertz CT molecular complexity index is 758. The zero-order valence-corrected chi connectivity index (χ0v) is 17.3. The second-order valence-electron chi connectivity index (χ2n) is 6.36. The lowest BCUT2D eigenvalue weighted by Gasteiger charge is -2.20. The summed E-state index contributed by atoms with van der Waals surface area (Å²) < 4.78 is 5.09. The SMILES string of the molecule is CCNC(=NCC(C)(O)c1cccs1)NCCNC(=O)c1ccc(OC)cc1. The molecule has 0 bridgehead atoms. The molecule has 0 saturated heterocycles. The average molecular weight is 405 g/mol. The highest BCUT2D eigenvalue weighted by Gasteiger charge is 2.23. The molecule has 0 aliphatic heterocycles. The lowest BCUT2D eigenvalue weighted by molar-refractivity contribution is 0.0711. The summed E-state index contributed by atoms with van der Waals surface area (Å²) in [6.45, 7) is 5.61. The van der Waals surface area contributed by atoms with Crippen molar-refractivity contribution in [3.05, 3.63) is 52.2 Å². The van der Waals surface area contributed by atoms with E-state index in [9.17, 15) is 9.90 Å². The van der Waals surface area contributed by atoms with Gasteiger partial charge in [-0.2, -0.15) is 0 Å². The van der Waals surface area contributed by atoms with E-state index in [0.29, 0.717) is 36.9 Å². The molecule has 1 amide bonds. The highest BCUT2D eigenvalue weighted by atomic mass is 32.1. The number of carbonyl (C=O) groups is 1. The first-order valence-electron chi connectivity index (χ1n) is 9.17. The number of aliphatic imine (C=N–C) groups is 1. The van der Waals surface area contributed by atoms with Crippen molar-refractivity contribution in [1.82, 2.24) is 16.0 Å². The number of benzene rings is 1. The van der Waals surface area contributed by atoms with Crippen LogP contribution < -0.4 is 20.7 Å². The lowest BCUT2D eigenvalue weighted by atomic mass is 10.1. The first-order chi connectivity index (χ1) is 13.5. The first kappa shape index (κ1) is 21.7. The van der Waals surface area contributed by atoms with Gasteiger partial charge in [0.25, 0.3) is 5.91 Å². The first-order valence-corrected chi connectivity index (χ1v) is 10.0. The predicted molar refractivity (Wildman–Crippen MR) is 113 cm³/mol. The molecule has 7 nitrogen and oxygen atoms in total. The molecule has 28 heavy (non-hydrogen) atoms. The minimum absolute atomic E-state index is 0.146. The molecule has 0 radical (unpaired) electrons. The standard InChI is InChI=1S/C20H28N4O3S/c1-4-21-19(24-14-20(2,26)17-6-5-13-28-17)23-12-11-22-18(25)15-7-9-16(27-3)10-8-15/h5-10,13,26H,4,11-12,14H2,1-3H3,(H,22,25)(H2,21,23,24). The van der Waals surface area contributed by atoms with Crippen LogP contribution in [0.1, 0.15) is 29.1 Å². The molecule has 2 rings (SSSR count). The van der Waals surface area contributed by atoms with Crippen LogP contribution in [0.5, 0.6) is 5.75 Å². The van der Waals surface area contributed by atoms with Gasteiger partial charge < -0.3 is 25.8 Å². The van der Waals surface area contributed by atoms with Crippen molar-refractivity contribution in [3.63, 3.8) is 0 Å². The third-order valence-electron chi connectivity index (χ3n) is 4.00. The number of methoxy groups -OCH3 is 1. The third-order valence-corrected chi connectivity index (χ3v) is 5.12. The number of amides is 1. The average Bonchev–Trinajstić information content (AvgIpc) is 3.25. The van der Waals surface area contributed by atoms with E-state index in [4.69, 9.17) is 4.74 Å². The van der Waals surface area contributed by atoms with E-state index in [2.05, 4.69) is 20.9 Å². The van der Waals surface area contributed by atoms with E-state index < -0.39 is 5.60 Å². The minimum atomic E-state index is -1.01. The smallest absolute Gasteiger partial charge is 0.251 e. The number of rotatable bonds is 9. The van der Waals surface area contributed by atoms with Gasteiger partial charge in [0.05, 0.1) is 13.7 Å². The molecule has 4 N–H and O–H groups in total. The fraction of sp³-hybridized carbons (Fsp3) is 0.400. The van der Waals surface area contributed by atoms with Gasteiger partial charge in [-0.25, -0.2) is 4.99 Å². The number of thiophene rings is 1. The fourth-order valence-electron chi connectivity index (χ4n) is 2.44. The van der Waals surface area contributed by atoms with Crippen molar-refractivity contribution >= 4 is 23.2 Å². The molecule has 1 heterocycles. The number of aliphatic hydroxyl groups is 1. The molecule has 0 fully saturated rings. The molecule has 1 aromatic heterocycles. The Balaban J connectivity index is 1.81. The van der Waals surface area contributed by atoms with E-state index >= 15 is 0 Å². The van der Waals surface area contributed by atoms with Gasteiger partial charge in [0.1, 0.15) is 11.4 Å². The maximum Gasteiger partial charge on any atom is 0.251 e. The number of hydrogen-bond donors (Lipinski definition) is 4. The minimum Gasteiger partial charge on any atom is -0.497 e. The number of hydrogen-bond acceptors (Lipinski definition) is 5. The van der Waals surface area contributed by atoms with Crippen LogP contribution in [0.25, 0.3) is 0 Å². The van der Waals surface area contributed by atoms with Crippen LogP contribution in [-0.4, -0.2) is 50.3 Å². The molecule has 1 unspecified atom stereocenters. The number of nitrogens with one attached hydrogen (secondary N) is 3. The molecule has 2 aromatic rings. The second kappa shape index (κ2) is 10.7. The van der Waals surface area contributed by atoms with Gasteiger partial charge in [-0.05, 0) is 49.6 Å². The van der Waals surface area contributed by atoms with E-state index in [-0.39, 0.29) is 12.5 Å². The van der Waals surface area contributed by atoms with Crippen LogP contribution in [0, 0.1) is 0 Å². The van der Waals surface area contributed by atoms with Crippen molar-refractivity contribution in [2.24, 2.45) is 4.99 Å². The zero-order valence-electron chi connectivity index (χ0n) is 16.5. The van der Waals surface area contributed by atoms with Gasteiger partial charge in [0.15, 0.2) is 5.96 Å². The summed E-state index contributed by atoms with van der Waals surface area (Å²) in [4.78, 5) is 17.5. The quantitative estimate of drug-likeness (QED) is 0.291. The summed E-state index contributed by atoms with van der Waals surface area (Å²) in [6.07, 6.45) is 0. The fourth-order valence-corrected chi connectivity index (χ4v) is 3.22. The summed E-state index contributed by atoms with van der Waals surface area (Å²) in [5, 5.41) is 21.7.